The first-order valence-corrected chi connectivity index (χ1v) is 19.3. The van der Waals surface area contributed by atoms with Crippen molar-refractivity contribution in [3.8, 4) is 0 Å². The Morgan fingerprint density at radius 2 is 1.04 bits per heavy atom. The molecule has 6 nitrogen and oxygen atoms in total. The van der Waals surface area contributed by atoms with Crippen LogP contribution in [0.15, 0.2) is 48.6 Å². The fourth-order valence-electron chi connectivity index (χ4n) is 5.32. The van der Waals surface area contributed by atoms with E-state index in [-0.39, 0.29) is 24.5 Å². The Bertz CT molecular complexity index is 860. The number of rotatable bonds is 34. The van der Waals surface area contributed by atoms with Crippen molar-refractivity contribution in [1.82, 2.24) is 5.32 Å². The molecule has 0 spiro atoms. The van der Waals surface area contributed by atoms with Gasteiger partial charge in [0.05, 0.1) is 0 Å². The predicted molar refractivity (Wildman–Crippen MR) is 198 cm³/mol. The maximum absolute atomic E-state index is 12.6. The number of ether oxygens (including phenoxy) is 1. The number of hydrogen-bond donors (Lipinski definition) is 2. The Balaban J connectivity index is 4.32. The van der Waals surface area contributed by atoms with Gasteiger partial charge in [0.25, 0.3) is 0 Å². The Labute approximate surface area is 289 Å². The zero-order valence-electron chi connectivity index (χ0n) is 30.4. The van der Waals surface area contributed by atoms with Gasteiger partial charge >= 0.3 is 11.9 Å². The molecule has 2 N–H and O–H groups in total. The maximum Gasteiger partial charge on any atom is 0.322 e. The van der Waals surface area contributed by atoms with Crippen LogP contribution in [0.3, 0.4) is 0 Å². The summed E-state index contributed by atoms with van der Waals surface area (Å²) < 4.78 is 5.89. The third-order valence-corrected chi connectivity index (χ3v) is 8.21. The molecule has 0 heterocycles. The molecule has 0 aliphatic heterocycles. The normalized spacial score (nSPS) is 12.6. The minimum absolute atomic E-state index is 0.0994. The molecule has 0 aliphatic rings. The minimum atomic E-state index is -1.03. The van der Waals surface area contributed by atoms with Crippen LogP contribution in [0.1, 0.15) is 181 Å². The third-order valence-electron chi connectivity index (χ3n) is 8.21. The fraction of sp³-hybridized carbons (Fsp3) is 0.732. The first-order chi connectivity index (χ1) is 23.0. The lowest BCUT2D eigenvalue weighted by molar-refractivity contribution is -0.147. The van der Waals surface area contributed by atoms with Crippen LogP contribution in [0.4, 0.5) is 0 Å². The van der Waals surface area contributed by atoms with Gasteiger partial charge in [0.2, 0.25) is 5.91 Å². The van der Waals surface area contributed by atoms with Gasteiger partial charge < -0.3 is 15.2 Å². The van der Waals surface area contributed by atoms with Crippen LogP contribution < -0.4 is 5.32 Å². The van der Waals surface area contributed by atoms with Crippen molar-refractivity contribution in [3.05, 3.63) is 48.6 Å². The van der Waals surface area contributed by atoms with Gasteiger partial charge in [-0.3, -0.25) is 14.4 Å². The summed E-state index contributed by atoms with van der Waals surface area (Å²) in [6, 6.07) is 0. The Morgan fingerprint density at radius 1 is 0.574 bits per heavy atom. The number of amides is 1. The van der Waals surface area contributed by atoms with Crippen molar-refractivity contribution in [2.45, 2.75) is 187 Å². The highest BCUT2D eigenvalue weighted by atomic mass is 16.5. The monoisotopic (exact) mass is 658 g/mol. The lowest BCUT2D eigenvalue weighted by Crippen LogP contribution is -2.28. The molecule has 0 saturated heterocycles. The van der Waals surface area contributed by atoms with E-state index in [1.165, 1.54) is 77.0 Å². The average molecular weight is 658 g/mol. The lowest BCUT2D eigenvalue weighted by atomic mass is 10.1. The average Bonchev–Trinajstić information content (AvgIpc) is 3.05. The molecule has 0 saturated carbocycles. The second-order valence-electron chi connectivity index (χ2n) is 12.8. The third kappa shape index (κ3) is 36.1. The first-order valence-electron chi connectivity index (χ1n) is 19.3. The van der Waals surface area contributed by atoms with Gasteiger partial charge in [-0.25, -0.2) is 0 Å². The van der Waals surface area contributed by atoms with Crippen molar-refractivity contribution >= 4 is 17.8 Å². The molecule has 0 aromatic rings. The van der Waals surface area contributed by atoms with Crippen LogP contribution >= 0.6 is 0 Å². The Kier molecular flexibility index (Phi) is 34.2. The smallest absolute Gasteiger partial charge is 0.322 e. The van der Waals surface area contributed by atoms with Crippen LogP contribution in [0, 0.1) is 0 Å². The molecular weight excluding hydrogens is 586 g/mol. The zero-order valence-corrected chi connectivity index (χ0v) is 30.4. The topological polar surface area (TPSA) is 92.7 Å². The molecule has 1 amide bonds. The van der Waals surface area contributed by atoms with Gasteiger partial charge in [0.15, 0.2) is 0 Å². The van der Waals surface area contributed by atoms with Gasteiger partial charge in [-0.2, -0.15) is 0 Å². The molecule has 0 aromatic heterocycles. The molecule has 47 heavy (non-hydrogen) atoms. The van der Waals surface area contributed by atoms with Gasteiger partial charge in [-0.1, -0.05) is 133 Å². The molecule has 0 aromatic carbocycles. The number of carboxylic acids is 1. The highest BCUT2D eigenvalue weighted by molar-refractivity contribution is 5.80. The highest BCUT2D eigenvalue weighted by Gasteiger charge is 2.11. The largest absolute Gasteiger partial charge is 0.480 e. The van der Waals surface area contributed by atoms with Crippen molar-refractivity contribution in [3.63, 3.8) is 0 Å². The molecule has 1 atom stereocenters. The summed E-state index contributed by atoms with van der Waals surface area (Å²) in [6.45, 7) is 4.16. The Hall–Kier alpha value is -2.63. The first kappa shape index (κ1) is 44.4. The standard InChI is InChI=1S/C41H71NO5/c1-3-5-7-9-11-13-15-16-17-19-21-23-28-32-36-41(46)47-38(33-29-25-22-20-18-14-12-10-8-6-4-2)34-30-26-24-27-31-35-39(43)42-37-40(44)45/h12,14-16,20,22,29,33,38H,3-11,13,17-19,21,23-28,30-32,34-37H2,1-2H3,(H,42,43)(H,44,45)/b14-12-,16-15-,22-20-,33-29-. The Morgan fingerprint density at radius 3 is 1.68 bits per heavy atom. The molecule has 1 unspecified atom stereocenters. The SMILES string of the molecule is CCCCC/C=C\C/C=C\C/C=C\C(CCCCCCCC(=O)NCC(=O)O)OC(=O)CCCCCCC/C=C\CCCCCCC. The van der Waals surface area contributed by atoms with E-state index in [4.69, 9.17) is 9.84 Å². The van der Waals surface area contributed by atoms with E-state index in [1.807, 2.05) is 6.08 Å². The number of aliphatic carboxylic acids is 1. The number of esters is 1. The van der Waals surface area contributed by atoms with Crippen LogP contribution in [-0.2, 0) is 19.1 Å². The van der Waals surface area contributed by atoms with Crippen LogP contribution in [0.5, 0.6) is 0 Å². The van der Waals surface area contributed by atoms with Crippen LogP contribution in [0.25, 0.3) is 0 Å². The van der Waals surface area contributed by atoms with E-state index in [1.54, 1.807) is 0 Å². The number of allylic oxidation sites excluding steroid dienone is 7. The fourth-order valence-corrected chi connectivity index (χ4v) is 5.32. The summed E-state index contributed by atoms with van der Waals surface area (Å²) in [4.78, 5) is 34.8. The number of carbonyl (C=O) groups excluding carboxylic acids is 2. The zero-order chi connectivity index (χ0) is 34.5. The van der Waals surface area contributed by atoms with Crippen LogP contribution in [0.2, 0.25) is 0 Å². The van der Waals surface area contributed by atoms with E-state index < -0.39 is 5.97 Å². The molecular formula is C41H71NO5. The predicted octanol–water partition coefficient (Wildman–Crippen LogP) is 11.5. The quantitative estimate of drug-likeness (QED) is 0.0408. The molecule has 0 aliphatic carbocycles. The minimum Gasteiger partial charge on any atom is -0.480 e. The molecule has 0 radical (unpaired) electrons. The van der Waals surface area contributed by atoms with Crippen LogP contribution in [-0.4, -0.2) is 35.6 Å². The summed E-state index contributed by atoms with van der Waals surface area (Å²) in [7, 11) is 0. The molecule has 0 fully saturated rings. The van der Waals surface area contributed by atoms with E-state index in [0.29, 0.717) is 12.8 Å². The summed E-state index contributed by atoms with van der Waals surface area (Å²) in [6.07, 6.45) is 45.2. The molecule has 0 rings (SSSR count). The van der Waals surface area contributed by atoms with Gasteiger partial charge in [0.1, 0.15) is 12.6 Å². The molecule has 0 bridgehead atoms. The number of hydrogen-bond acceptors (Lipinski definition) is 4. The number of carboxylic acid groups (broad SMARTS) is 1. The number of unbranched alkanes of at least 4 members (excludes halogenated alkanes) is 17. The van der Waals surface area contributed by atoms with Crippen molar-refractivity contribution < 1.29 is 24.2 Å². The highest BCUT2D eigenvalue weighted by Crippen LogP contribution is 2.15. The van der Waals surface area contributed by atoms with E-state index >= 15 is 0 Å². The maximum atomic E-state index is 12.6. The summed E-state index contributed by atoms with van der Waals surface area (Å²) >= 11 is 0. The number of carbonyl (C=O) groups is 3. The summed E-state index contributed by atoms with van der Waals surface area (Å²) in [5.74, 6) is -1.34. The van der Waals surface area contributed by atoms with E-state index in [2.05, 4.69) is 61.7 Å². The van der Waals surface area contributed by atoms with E-state index in [9.17, 15) is 14.4 Å². The van der Waals surface area contributed by atoms with Crippen molar-refractivity contribution in [1.29, 1.82) is 0 Å². The molecule has 6 heteroatoms. The van der Waals surface area contributed by atoms with Gasteiger partial charge in [0, 0.05) is 12.8 Å². The second-order valence-corrected chi connectivity index (χ2v) is 12.8. The summed E-state index contributed by atoms with van der Waals surface area (Å²) in [5.41, 5.74) is 0. The van der Waals surface area contributed by atoms with Crippen molar-refractivity contribution in [2.24, 2.45) is 0 Å². The van der Waals surface area contributed by atoms with Gasteiger partial charge in [-0.15, -0.1) is 0 Å². The van der Waals surface area contributed by atoms with E-state index in [0.717, 1.165) is 77.0 Å². The molecule has 270 valence electrons. The number of nitrogens with one attached hydrogen (secondary N) is 1. The summed E-state index contributed by atoms with van der Waals surface area (Å²) in [5, 5.41) is 11.0. The van der Waals surface area contributed by atoms with Crippen molar-refractivity contribution in [2.75, 3.05) is 6.54 Å². The second kappa shape index (κ2) is 36.2. The lowest BCUT2D eigenvalue weighted by Gasteiger charge is -2.14. The van der Waals surface area contributed by atoms with Gasteiger partial charge in [-0.05, 0) is 83.1 Å².